The first-order valence-corrected chi connectivity index (χ1v) is 5.60. The Labute approximate surface area is 104 Å². The molecule has 0 saturated heterocycles. The smallest absolute Gasteiger partial charge is 0.288 e. The van der Waals surface area contributed by atoms with Gasteiger partial charge in [0, 0.05) is 0 Å². The van der Waals surface area contributed by atoms with Crippen molar-refractivity contribution in [2.45, 2.75) is 20.0 Å². The number of nitrogens with two attached hydrogens (primary N) is 1. The quantitative estimate of drug-likeness (QED) is 0.902. The number of fused-ring (bicyclic) bond motifs is 1. The second kappa shape index (κ2) is 4.60. The summed E-state index contributed by atoms with van der Waals surface area (Å²) in [4.78, 5) is 11.3. The molecule has 1 aromatic carbocycles. The Morgan fingerprint density at radius 3 is 2.67 bits per heavy atom. The molecule has 0 saturated carbocycles. The maximum Gasteiger partial charge on any atom is 0.288 e. The van der Waals surface area contributed by atoms with Gasteiger partial charge in [-0.05, 0) is 32.0 Å². The molecule has 0 atom stereocenters. The van der Waals surface area contributed by atoms with Crippen LogP contribution in [0.25, 0.3) is 11.0 Å². The summed E-state index contributed by atoms with van der Waals surface area (Å²) in [5, 5.41) is 0.678. The molecule has 1 aromatic heterocycles. The van der Waals surface area contributed by atoms with E-state index in [9.17, 15) is 4.79 Å². The van der Waals surface area contributed by atoms with E-state index < -0.39 is 5.91 Å². The van der Waals surface area contributed by atoms with Crippen molar-refractivity contribution in [3.63, 3.8) is 0 Å². The molecule has 2 rings (SSSR count). The molecular formula is C13H15NO4. The van der Waals surface area contributed by atoms with Gasteiger partial charge in [-0.15, -0.1) is 0 Å². The highest BCUT2D eigenvalue weighted by Crippen LogP contribution is 2.35. The Morgan fingerprint density at radius 2 is 2.11 bits per heavy atom. The number of amides is 1. The molecule has 0 aliphatic carbocycles. The summed E-state index contributed by atoms with van der Waals surface area (Å²) >= 11 is 0. The number of carbonyl (C=O) groups excluding carboxylic acids is 1. The molecule has 0 fully saturated rings. The zero-order chi connectivity index (χ0) is 13.3. The predicted molar refractivity (Wildman–Crippen MR) is 67.0 cm³/mol. The van der Waals surface area contributed by atoms with Crippen LogP contribution in [0, 0.1) is 0 Å². The summed E-state index contributed by atoms with van der Waals surface area (Å²) in [6.45, 7) is 3.73. The summed E-state index contributed by atoms with van der Waals surface area (Å²) in [6, 6.07) is 5.21. The molecule has 96 valence electrons. The number of methoxy groups -OCH3 is 1. The third-order valence-corrected chi connectivity index (χ3v) is 2.43. The Bertz CT molecular complexity index is 586. The highest BCUT2D eigenvalue weighted by atomic mass is 16.5. The van der Waals surface area contributed by atoms with Crippen LogP contribution in [0.4, 0.5) is 0 Å². The van der Waals surface area contributed by atoms with Crippen molar-refractivity contribution >= 4 is 16.9 Å². The lowest BCUT2D eigenvalue weighted by Gasteiger charge is -2.08. The zero-order valence-corrected chi connectivity index (χ0v) is 10.5. The minimum absolute atomic E-state index is 0.0342. The number of benzene rings is 1. The van der Waals surface area contributed by atoms with Crippen molar-refractivity contribution in [3.05, 3.63) is 24.0 Å². The molecule has 0 spiro atoms. The predicted octanol–water partition coefficient (Wildman–Crippen LogP) is 2.33. The van der Waals surface area contributed by atoms with Crippen molar-refractivity contribution in [1.82, 2.24) is 0 Å². The maximum absolute atomic E-state index is 11.3. The molecule has 0 aliphatic heterocycles. The third kappa shape index (κ3) is 2.11. The van der Waals surface area contributed by atoms with Crippen molar-refractivity contribution in [3.8, 4) is 11.5 Å². The zero-order valence-electron chi connectivity index (χ0n) is 10.5. The molecule has 0 bridgehead atoms. The summed E-state index contributed by atoms with van der Waals surface area (Å²) in [6.07, 6.45) is -0.0879. The first-order valence-electron chi connectivity index (χ1n) is 5.60. The van der Waals surface area contributed by atoms with E-state index in [4.69, 9.17) is 19.6 Å². The fraction of sp³-hybridized carbons (Fsp3) is 0.308. The first-order chi connectivity index (χ1) is 8.52. The normalized spacial score (nSPS) is 10.9. The van der Waals surface area contributed by atoms with Gasteiger partial charge in [0.1, 0.15) is 11.3 Å². The fourth-order valence-corrected chi connectivity index (χ4v) is 1.70. The van der Waals surface area contributed by atoms with Crippen molar-refractivity contribution in [1.29, 1.82) is 0 Å². The molecule has 0 radical (unpaired) electrons. The van der Waals surface area contributed by atoms with E-state index in [2.05, 4.69) is 0 Å². The summed E-state index contributed by atoms with van der Waals surface area (Å²) < 4.78 is 16.2. The van der Waals surface area contributed by atoms with Gasteiger partial charge in [-0.1, -0.05) is 0 Å². The molecule has 2 N–H and O–H groups in total. The summed E-state index contributed by atoms with van der Waals surface area (Å²) in [5.41, 5.74) is 5.82. The van der Waals surface area contributed by atoms with Crippen LogP contribution in [-0.2, 0) is 0 Å². The van der Waals surface area contributed by atoms with Gasteiger partial charge in [0.2, 0.25) is 5.76 Å². The fourth-order valence-electron chi connectivity index (χ4n) is 1.70. The van der Waals surface area contributed by atoms with E-state index in [0.29, 0.717) is 22.5 Å². The van der Waals surface area contributed by atoms with Crippen LogP contribution in [0.3, 0.4) is 0 Å². The lowest BCUT2D eigenvalue weighted by atomic mass is 10.2. The van der Waals surface area contributed by atoms with Crippen LogP contribution >= 0.6 is 0 Å². The number of hydrogen-bond acceptors (Lipinski definition) is 4. The minimum Gasteiger partial charge on any atom is -0.497 e. The van der Waals surface area contributed by atoms with Crippen LogP contribution in [0.1, 0.15) is 24.4 Å². The van der Waals surface area contributed by atoms with E-state index in [1.165, 1.54) is 0 Å². The molecule has 1 heterocycles. The second-order valence-corrected chi connectivity index (χ2v) is 4.15. The Balaban J connectivity index is 2.65. The van der Waals surface area contributed by atoms with Crippen LogP contribution in [0.15, 0.2) is 22.6 Å². The largest absolute Gasteiger partial charge is 0.497 e. The maximum atomic E-state index is 11.3. The van der Waals surface area contributed by atoms with Gasteiger partial charge in [-0.3, -0.25) is 4.79 Å². The van der Waals surface area contributed by atoms with Crippen LogP contribution in [0.5, 0.6) is 11.5 Å². The average molecular weight is 249 g/mol. The van der Waals surface area contributed by atoms with Crippen LogP contribution < -0.4 is 15.2 Å². The first kappa shape index (κ1) is 12.3. The van der Waals surface area contributed by atoms with E-state index in [1.54, 1.807) is 25.3 Å². The molecule has 0 unspecified atom stereocenters. The van der Waals surface area contributed by atoms with Crippen molar-refractivity contribution in [2.75, 3.05) is 7.11 Å². The molecule has 0 aliphatic rings. The average Bonchev–Trinajstić information content (AvgIpc) is 2.67. The van der Waals surface area contributed by atoms with Gasteiger partial charge in [0.05, 0.1) is 18.6 Å². The number of carbonyl (C=O) groups is 1. The van der Waals surface area contributed by atoms with Crippen molar-refractivity contribution < 1.29 is 18.7 Å². The van der Waals surface area contributed by atoms with Crippen LogP contribution in [-0.4, -0.2) is 19.1 Å². The molecule has 2 aromatic rings. The Hall–Kier alpha value is -2.17. The number of rotatable bonds is 4. The third-order valence-electron chi connectivity index (χ3n) is 2.43. The molecule has 1 amide bonds. The lowest BCUT2D eigenvalue weighted by molar-refractivity contribution is 0.0968. The van der Waals surface area contributed by atoms with E-state index in [-0.39, 0.29) is 11.9 Å². The van der Waals surface area contributed by atoms with Gasteiger partial charge in [0.15, 0.2) is 5.75 Å². The van der Waals surface area contributed by atoms with E-state index >= 15 is 0 Å². The summed E-state index contributed by atoms with van der Waals surface area (Å²) in [5.74, 6) is 0.409. The number of furan rings is 1. The molecule has 5 heteroatoms. The highest BCUT2D eigenvalue weighted by Gasteiger charge is 2.21. The number of ether oxygens (including phenoxy) is 2. The van der Waals surface area contributed by atoms with Gasteiger partial charge in [-0.25, -0.2) is 0 Å². The van der Waals surface area contributed by atoms with Crippen molar-refractivity contribution in [2.24, 2.45) is 5.73 Å². The SMILES string of the molecule is COc1ccc2oc(C(N)=O)c(OC(C)C)c2c1. The minimum atomic E-state index is -0.652. The second-order valence-electron chi connectivity index (χ2n) is 4.15. The number of hydrogen-bond donors (Lipinski definition) is 1. The topological polar surface area (TPSA) is 74.7 Å². The van der Waals surface area contributed by atoms with Gasteiger partial charge < -0.3 is 19.6 Å². The van der Waals surface area contributed by atoms with Gasteiger partial charge in [-0.2, -0.15) is 0 Å². The standard InChI is InChI=1S/C13H15NO4/c1-7(2)17-11-9-6-8(16-3)4-5-10(9)18-12(11)13(14)15/h4-7H,1-3H3,(H2,14,15). The van der Waals surface area contributed by atoms with Gasteiger partial charge in [0.25, 0.3) is 5.91 Å². The van der Waals surface area contributed by atoms with E-state index in [1.807, 2.05) is 13.8 Å². The Kier molecular flexibility index (Phi) is 3.14. The Morgan fingerprint density at radius 1 is 1.39 bits per heavy atom. The monoisotopic (exact) mass is 249 g/mol. The lowest BCUT2D eigenvalue weighted by Crippen LogP contribution is -2.14. The molecule has 18 heavy (non-hydrogen) atoms. The molecule has 5 nitrogen and oxygen atoms in total. The van der Waals surface area contributed by atoms with Gasteiger partial charge >= 0.3 is 0 Å². The summed E-state index contributed by atoms with van der Waals surface area (Å²) in [7, 11) is 1.57. The number of primary amides is 1. The highest BCUT2D eigenvalue weighted by molar-refractivity contribution is 6.01. The van der Waals surface area contributed by atoms with E-state index in [0.717, 1.165) is 0 Å². The van der Waals surface area contributed by atoms with Crippen LogP contribution in [0.2, 0.25) is 0 Å². The molecular weight excluding hydrogens is 234 g/mol.